The smallest absolute Gasteiger partial charge is 0.190 e. The van der Waals surface area contributed by atoms with E-state index in [0.717, 1.165) is 88.8 Å². The molecule has 0 saturated heterocycles. The van der Waals surface area contributed by atoms with Crippen LogP contribution in [0.25, 0.3) is 0 Å². The van der Waals surface area contributed by atoms with E-state index in [1.165, 1.54) is 158 Å². The molecule has 11 heteroatoms. The lowest BCUT2D eigenvalue weighted by Gasteiger charge is -2.27. The molecule has 0 aliphatic heterocycles. The number of aliphatic hydroxyl groups is 4. The van der Waals surface area contributed by atoms with Crippen LogP contribution in [0.4, 0.5) is 0 Å². The van der Waals surface area contributed by atoms with Gasteiger partial charge in [0.05, 0.1) is 24.4 Å². The van der Waals surface area contributed by atoms with Gasteiger partial charge in [-0.1, -0.05) is 198 Å². The van der Waals surface area contributed by atoms with Crippen LogP contribution in [-0.4, -0.2) is 141 Å². The van der Waals surface area contributed by atoms with Gasteiger partial charge in [0.2, 0.25) is 0 Å². The molecule has 0 aliphatic rings. The fourth-order valence-corrected chi connectivity index (χ4v) is 10.3. The first-order valence-corrected chi connectivity index (χ1v) is 29.6. The summed E-state index contributed by atoms with van der Waals surface area (Å²) >= 11 is 2.81. The zero-order valence-electron chi connectivity index (χ0n) is 43.5. The van der Waals surface area contributed by atoms with Gasteiger partial charge in [0, 0.05) is 63.6 Å². The highest BCUT2D eigenvalue weighted by atomic mass is 32.2. The third-order valence-corrected chi connectivity index (χ3v) is 14.8. The fourth-order valence-electron chi connectivity index (χ4n) is 8.66. The number of unbranched alkanes of at least 4 members (excludes halogenated alkanes) is 23. The number of rotatable bonds is 51. The second-order valence-electron chi connectivity index (χ2n) is 19.8. The molecule has 0 bridgehead atoms. The minimum Gasteiger partial charge on any atom is -0.392 e. The molecular weight excluding hydrogens is 851 g/mol. The van der Waals surface area contributed by atoms with E-state index in [-0.39, 0.29) is 28.5 Å². The van der Waals surface area contributed by atoms with Crippen LogP contribution in [0.2, 0.25) is 0 Å². The summed E-state index contributed by atoms with van der Waals surface area (Å²) in [5.74, 6) is 1.56. The Labute approximate surface area is 411 Å². The number of thioether (sulfide) groups is 2. The van der Waals surface area contributed by atoms with Crippen LogP contribution in [-0.2, 0) is 9.59 Å². The standard InChI is InChI=1S/C54H109N3O6S2/c1-6-9-12-15-18-21-24-27-34-50(59)46-56(45-49(4)58)39-30-32-43-64-53(62)37-41-55(5)42-38-54(63)65-44-33-31-40-57(47-51(60)35-28-25-22-19-16-13-10-7-2)48-52(61)36-29-26-23-20-17-14-11-8-3/h49-52,58-61H,6-48H2,1-5H3. The molecule has 0 aromatic carbocycles. The molecule has 0 amide bonds. The maximum atomic E-state index is 12.7. The third kappa shape index (κ3) is 47.2. The Morgan fingerprint density at radius 2 is 0.692 bits per heavy atom. The Morgan fingerprint density at radius 1 is 0.400 bits per heavy atom. The Hall–Kier alpha value is -0.240. The second-order valence-corrected chi connectivity index (χ2v) is 22.1. The molecule has 0 aromatic rings. The van der Waals surface area contributed by atoms with Gasteiger partial charge >= 0.3 is 0 Å². The topological polar surface area (TPSA) is 125 Å². The van der Waals surface area contributed by atoms with Crippen molar-refractivity contribution in [1.29, 1.82) is 0 Å². The summed E-state index contributed by atoms with van der Waals surface area (Å²) in [7, 11) is 1.98. The van der Waals surface area contributed by atoms with Crippen molar-refractivity contribution >= 4 is 33.8 Å². The first-order chi connectivity index (χ1) is 31.5. The molecule has 4 atom stereocenters. The fraction of sp³-hybridized carbons (Fsp3) is 0.963. The number of aliphatic hydroxyl groups excluding tert-OH is 4. The van der Waals surface area contributed by atoms with E-state index in [1.54, 1.807) is 6.92 Å². The van der Waals surface area contributed by atoms with Gasteiger partial charge < -0.3 is 25.3 Å². The molecule has 0 fully saturated rings. The first kappa shape index (κ1) is 64.8. The summed E-state index contributed by atoms with van der Waals surface area (Å²) in [6.45, 7) is 13.9. The number of hydrogen-bond donors (Lipinski definition) is 4. The van der Waals surface area contributed by atoms with Crippen molar-refractivity contribution in [2.45, 2.75) is 264 Å². The van der Waals surface area contributed by atoms with Gasteiger partial charge in [-0.15, -0.1) is 0 Å². The van der Waals surface area contributed by atoms with Gasteiger partial charge in [0.15, 0.2) is 10.2 Å². The summed E-state index contributed by atoms with van der Waals surface area (Å²) in [5.41, 5.74) is 0. The molecule has 4 N–H and O–H groups in total. The van der Waals surface area contributed by atoms with Crippen LogP contribution in [0.5, 0.6) is 0 Å². The van der Waals surface area contributed by atoms with Crippen molar-refractivity contribution in [2.24, 2.45) is 0 Å². The molecular formula is C54H109N3O6S2. The lowest BCUT2D eigenvalue weighted by Crippen LogP contribution is -2.38. The minimum atomic E-state index is -0.436. The molecule has 0 aliphatic carbocycles. The maximum absolute atomic E-state index is 12.7. The van der Waals surface area contributed by atoms with E-state index in [2.05, 4.69) is 35.5 Å². The van der Waals surface area contributed by atoms with Crippen molar-refractivity contribution in [3.05, 3.63) is 0 Å². The highest BCUT2D eigenvalue weighted by Gasteiger charge is 2.17. The van der Waals surface area contributed by atoms with E-state index < -0.39 is 6.10 Å². The summed E-state index contributed by atoms with van der Waals surface area (Å²) in [6, 6.07) is 0. The van der Waals surface area contributed by atoms with Gasteiger partial charge in [-0.05, 0) is 72.0 Å². The van der Waals surface area contributed by atoms with Gasteiger partial charge in [0.1, 0.15) is 0 Å². The number of carbonyl (C=O) groups excluding carboxylic acids is 2. The lowest BCUT2D eigenvalue weighted by atomic mass is 10.0. The average molecular weight is 961 g/mol. The molecule has 0 spiro atoms. The highest BCUT2D eigenvalue weighted by Crippen LogP contribution is 2.17. The zero-order valence-corrected chi connectivity index (χ0v) is 45.1. The molecule has 0 rings (SSSR count). The van der Waals surface area contributed by atoms with E-state index in [1.807, 2.05) is 7.05 Å². The summed E-state index contributed by atoms with van der Waals surface area (Å²) in [5, 5.41) is 42.9. The number of hydrogen-bond acceptors (Lipinski definition) is 11. The van der Waals surface area contributed by atoms with Crippen LogP contribution < -0.4 is 0 Å². The zero-order chi connectivity index (χ0) is 48.0. The normalized spacial score (nSPS) is 13.9. The van der Waals surface area contributed by atoms with Gasteiger partial charge in [-0.2, -0.15) is 0 Å². The second kappa shape index (κ2) is 48.8. The molecule has 388 valence electrons. The van der Waals surface area contributed by atoms with Crippen molar-refractivity contribution in [2.75, 3.05) is 70.9 Å². The third-order valence-electron chi connectivity index (χ3n) is 12.8. The quantitative estimate of drug-likeness (QED) is 0.0436. The SMILES string of the molecule is CCCCCCCCCCC(O)CN(CCCCSC(=O)CCN(C)CCC(=O)SCCCCN(CC(O)CCCCCCCCCC)CC(O)CCCCCCCCCC)CC(C)O. The van der Waals surface area contributed by atoms with Crippen LogP contribution in [0, 0.1) is 0 Å². The number of nitrogens with zero attached hydrogens (tertiary/aromatic N) is 3. The van der Waals surface area contributed by atoms with Crippen molar-refractivity contribution in [3.8, 4) is 0 Å². The van der Waals surface area contributed by atoms with Crippen LogP contribution >= 0.6 is 23.5 Å². The van der Waals surface area contributed by atoms with Crippen molar-refractivity contribution in [1.82, 2.24) is 14.7 Å². The van der Waals surface area contributed by atoms with Crippen LogP contribution in [0.3, 0.4) is 0 Å². The number of carbonyl (C=O) groups is 2. The summed E-state index contributed by atoms with van der Waals surface area (Å²) in [4.78, 5) is 31.9. The van der Waals surface area contributed by atoms with E-state index in [9.17, 15) is 30.0 Å². The van der Waals surface area contributed by atoms with Crippen molar-refractivity contribution in [3.63, 3.8) is 0 Å². The highest BCUT2D eigenvalue weighted by molar-refractivity contribution is 8.13. The van der Waals surface area contributed by atoms with E-state index in [4.69, 9.17) is 0 Å². The molecule has 65 heavy (non-hydrogen) atoms. The Balaban J connectivity index is 4.38. The van der Waals surface area contributed by atoms with E-state index >= 15 is 0 Å². The summed E-state index contributed by atoms with van der Waals surface area (Å²) in [6.07, 6.45) is 35.8. The first-order valence-electron chi connectivity index (χ1n) is 27.7. The lowest BCUT2D eigenvalue weighted by molar-refractivity contribution is -0.111. The Bertz CT molecular complexity index is 1000. The predicted molar refractivity (Wildman–Crippen MR) is 284 cm³/mol. The van der Waals surface area contributed by atoms with Crippen molar-refractivity contribution < 1.29 is 30.0 Å². The molecule has 0 aromatic heterocycles. The maximum Gasteiger partial charge on any atom is 0.190 e. The molecule has 0 heterocycles. The molecule has 4 unspecified atom stereocenters. The Kier molecular flexibility index (Phi) is 48.6. The van der Waals surface area contributed by atoms with Crippen LogP contribution in [0.15, 0.2) is 0 Å². The summed E-state index contributed by atoms with van der Waals surface area (Å²) < 4.78 is 0. The van der Waals surface area contributed by atoms with Gasteiger partial charge in [-0.3, -0.25) is 19.4 Å². The van der Waals surface area contributed by atoms with Gasteiger partial charge in [0.25, 0.3) is 0 Å². The molecule has 0 saturated carbocycles. The minimum absolute atomic E-state index is 0.189. The average Bonchev–Trinajstić information content (AvgIpc) is 3.27. The van der Waals surface area contributed by atoms with E-state index in [0.29, 0.717) is 52.1 Å². The monoisotopic (exact) mass is 960 g/mol. The van der Waals surface area contributed by atoms with Crippen LogP contribution in [0.1, 0.15) is 240 Å². The molecule has 9 nitrogen and oxygen atoms in total. The molecule has 0 radical (unpaired) electrons. The Morgan fingerprint density at radius 3 is 1.00 bits per heavy atom. The predicted octanol–water partition coefficient (Wildman–Crippen LogP) is 12.4. The van der Waals surface area contributed by atoms with Gasteiger partial charge in [-0.25, -0.2) is 0 Å². The largest absolute Gasteiger partial charge is 0.392 e.